The number of aromatic nitrogens is 2. The molecule has 1 aromatic heterocycles. The molecule has 0 aliphatic carbocycles. The number of anilines is 2. The minimum absolute atomic E-state index is 0.492. The number of likely N-dealkylation sites (tertiary alicyclic amines) is 1. The van der Waals surface area contributed by atoms with Crippen LogP contribution in [0, 0.1) is 0 Å². The largest absolute Gasteiger partial charge is 0.378 e. The van der Waals surface area contributed by atoms with Crippen LogP contribution in [0.1, 0.15) is 12.0 Å². The molecule has 26 heavy (non-hydrogen) atoms. The van der Waals surface area contributed by atoms with Gasteiger partial charge in [-0.3, -0.25) is 4.90 Å². The monoisotopic (exact) mass is 353 g/mol. The molecule has 6 heteroatoms. The molecule has 0 spiro atoms. The van der Waals surface area contributed by atoms with E-state index in [1.54, 1.807) is 0 Å². The lowest BCUT2D eigenvalue weighted by molar-refractivity contribution is 0.122. The molecule has 2 aromatic rings. The zero-order valence-electron chi connectivity index (χ0n) is 15.4. The second kappa shape index (κ2) is 8.01. The number of likely N-dealkylation sites (N-methyl/N-ethyl adjacent to an activating group) is 1. The van der Waals surface area contributed by atoms with Gasteiger partial charge in [-0.1, -0.05) is 30.3 Å². The van der Waals surface area contributed by atoms with Crippen LogP contribution in [0.2, 0.25) is 0 Å². The van der Waals surface area contributed by atoms with E-state index in [1.807, 2.05) is 12.3 Å². The summed E-state index contributed by atoms with van der Waals surface area (Å²) in [6.45, 7) is 6.45. The van der Waals surface area contributed by atoms with Crippen molar-refractivity contribution in [2.24, 2.45) is 0 Å². The van der Waals surface area contributed by atoms with E-state index in [4.69, 9.17) is 9.72 Å². The average Bonchev–Trinajstić information content (AvgIpc) is 3.17. The minimum atomic E-state index is 0.492. The van der Waals surface area contributed by atoms with Crippen molar-refractivity contribution in [2.45, 2.75) is 19.0 Å². The van der Waals surface area contributed by atoms with Crippen molar-refractivity contribution < 1.29 is 4.74 Å². The predicted octanol–water partition coefficient (Wildman–Crippen LogP) is 2.02. The van der Waals surface area contributed by atoms with Gasteiger partial charge in [0.15, 0.2) is 0 Å². The maximum atomic E-state index is 5.43. The van der Waals surface area contributed by atoms with Gasteiger partial charge in [0.25, 0.3) is 0 Å². The van der Waals surface area contributed by atoms with Crippen molar-refractivity contribution in [1.29, 1.82) is 0 Å². The molecule has 2 aliphatic rings. The molecule has 0 amide bonds. The van der Waals surface area contributed by atoms with E-state index < -0.39 is 0 Å². The van der Waals surface area contributed by atoms with E-state index >= 15 is 0 Å². The van der Waals surface area contributed by atoms with Crippen LogP contribution in [0.15, 0.2) is 42.6 Å². The van der Waals surface area contributed by atoms with Crippen molar-refractivity contribution in [3.05, 3.63) is 48.2 Å². The zero-order chi connectivity index (χ0) is 17.8. The van der Waals surface area contributed by atoms with Crippen LogP contribution < -0.4 is 9.80 Å². The van der Waals surface area contributed by atoms with Gasteiger partial charge in [0.1, 0.15) is 5.82 Å². The Bertz CT molecular complexity index is 704. The van der Waals surface area contributed by atoms with Crippen LogP contribution in [-0.2, 0) is 11.3 Å². The maximum absolute atomic E-state index is 5.43. The molecule has 0 radical (unpaired) electrons. The van der Waals surface area contributed by atoms with Gasteiger partial charge in [-0.05, 0) is 18.1 Å². The van der Waals surface area contributed by atoms with Crippen LogP contribution >= 0.6 is 0 Å². The molecular weight excluding hydrogens is 326 g/mol. The Kier molecular flexibility index (Phi) is 5.32. The summed E-state index contributed by atoms with van der Waals surface area (Å²) < 4.78 is 5.43. The van der Waals surface area contributed by atoms with Crippen molar-refractivity contribution in [3.8, 4) is 0 Å². The number of morpholine rings is 1. The number of rotatable bonds is 5. The van der Waals surface area contributed by atoms with E-state index in [0.29, 0.717) is 6.04 Å². The van der Waals surface area contributed by atoms with Gasteiger partial charge in [0, 0.05) is 52.0 Å². The Morgan fingerprint density at radius 1 is 1.12 bits per heavy atom. The van der Waals surface area contributed by atoms with E-state index in [-0.39, 0.29) is 0 Å². The number of hydrogen-bond donors (Lipinski definition) is 0. The lowest BCUT2D eigenvalue weighted by Crippen LogP contribution is -2.38. The van der Waals surface area contributed by atoms with Crippen LogP contribution in [0.4, 0.5) is 11.8 Å². The van der Waals surface area contributed by atoms with Crippen LogP contribution in [0.25, 0.3) is 0 Å². The molecule has 3 heterocycles. The molecule has 1 aromatic carbocycles. The Hall–Kier alpha value is -2.18. The highest BCUT2D eigenvalue weighted by molar-refractivity contribution is 5.44. The second-order valence-electron chi connectivity index (χ2n) is 7.09. The number of benzene rings is 1. The van der Waals surface area contributed by atoms with Gasteiger partial charge >= 0.3 is 0 Å². The summed E-state index contributed by atoms with van der Waals surface area (Å²) in [5.74, 6) is 1.82. The summed E-state index contributed by atoms with van der Waals surface area (Å²) in [7, 11) is 2.15. The van der Waals surface area contributed by atoms with E-state index in [0.717, 1.165) is 57.7 Å². The molecule has 1 atom stereocenters. The third kappa shape index (κ3) is 3.97. The fourth-order valence-corrected chi connectivity index (χ4v) is 3.75. The third-order valence-electron chi connectivity index (χ3n) is 5.33. The molecule has 6 nitrogen and oxygen atoms in total. The first-order valence-electron chi connectivity index (χ1n) is 9.44. The highest BCUT2D eigenvalue weighted by Crippen LogP contribution is 2.22. The van der Waals surface area contributed by atoms with E-state index in [9.17, 15) is 0 Å². The molecule has 2 aliphatic heterocycles. The number of ether oxygens (including phenoxy) is 1. The van der Waals surface area contributed by atoms with Crippen LogP contribution in [-0.4, -0.2) is 67.4 Å². The van der Waals surface area contributed by atoms with E-state index in [1.165, 1.54) is 12.0 Å². The molecule has 0 bridgehead atoms. The Labute approximate surface area is 155 Å². The standard InChI is InChI=1S/C20H27N5O/c1-23(18-8-10-24(16-18)15-17-5-3-2-4-6-17)19-7-9-21-20(22-19)25-11-13-26-14-12-25/h2-7,9,18H,8,10-16H2,1H3. The first-order valence-corrected chi connectivity index (χ1v) is 9.44. The molecule has 2 fully saturated rings. The SMILES string of the molecule is CN(c1ccnc(N2CCOCC2)n1)C1CCN(Cc2ccccc2)C1. The molecule has 0 N–H and O–H groups in total. The first-order chi connectivity index (χ1) is 12.8. The minimum Gasteiger partial charge on any atom is -0.378 e. The quantitative estimate of drug-likeness (QED) is 0.820. The summed E-state index contributed by atoms with van der Waals surface area (Å²) in [5, 5.41) is 0. The lowest BCUT2D eigenvalue weighted by Gasteiger charge is -2.29. The van der Waals surface area contributed by atoms with Crippen molar-refractivity contribution >= 4 is 11.8 Å². The summed E-state index contributed by atoms with van der Waals surface area (Å²) in [5.41, 5.74) is 1.38. The van der Waals surface area contributed by atoms with Gasteiger partial charge in [0.2, 0.25) is 5.95 Å². The molecule has 0 saturated carbocycles. The maximum Gasteiger partial charge on any atom is 0.227 e. The fraction of sp³-hybridized carbons (Fsp3) is 0.500. The Morgan fingerprint density at radius 2 is 1.92 bits per heavy atom. The smallest absolute Gasteiger partial charge is 0.227 e. The summed E-state index contributed by atoms with van der Waals surface area (Å²) in [6, 6.07) is 13.2. The predicted molar refractivity (Wildman–Crippen MR) is 104 cm³/mol. The van der Waals surface area contributed by atoms with Gasteiger partial charge in [-0.15, -0.1) is 0 Å². The lowest BCUT2D eigenvalue weighted by atomic mass is 10.2. The highest BCUT2D eigenvalue weighted by atomic mass is 16.5. The average molecular weight is 353 g/mol. The van der Waals surface area contributed by atoms with Gasteiger partial charge in [-0.2, -0.15) is 4.98 Å². The molecule has 2 saturated heterocycles. The number of hydrogen-bond acceptors (Lipinski definition) is 6. The second-order valence-corrected chi connectivity index (χ2v) is 7.09. The highest BCUT2D eigenvalue weighted by Gasteiger charge is 2.27. The van der Waals surface area contributed by atoms with Gasteiger partial charge < -0.3 is 14.5 Å². The topological polar surface area (TPSA) is 44.7 Å². The van der Waals surface area contributed by atoms with Crippen molar-refractivity contribution in [2.75, 3.05) is 56.2 Å². The third-order valence-corrected chi connectivity index (χ3v) is 5.33. The van der Waals surface area contributed by atoms with Crippen molar-refractivity contribution in [3.63, 3.8) is 0 Å². The fourth-order valence-electron chi connectivity index (χ4n) is 3.75. The molecular formula is C20H27N5O. The number of nitrogens with zero attached hydrogens (tertiary/aromatic N) is 5. The zero-order valence-corrected chi connectivity index (χ0v) is 15.4. The summed E-state index contributed by atoms with van der Waals surface area (Å²) in [6.07, 6.45) is 3.04. The van der Waals surface area contributed by atoms with Crippen molar-refractivity contribution in [1.82, 2.24) is 14.9 Å². The molecule has 1 unspecified atom stereocenters. The van der Waals surface area contributed by atoms with Crippen LogP contribution in [0.3, 0.4) is 0 Å². The normalized spacial score (nSPS) is 21.1. The summed E-state index contributed by atoms with van der Waals surface area (Å²) in [4.78, 5) is 16.3. The van der Waals surface area contributed by atoms with Crippen LogP contribution in [0.5, 0.6) is 0 Å². The molecule has 138 valence electrons. The van der Waals surface area contributed by atoms with Gasteiger partial charge in [0.05, 0.1) is 13.2 Å². The molecule has 4 rings (SSSR count). The Morgan fingerprint density at radius 3 is 2.73 bits per heavy atom. The van der Waals surface area contributed by atoms with Gasteiger partial charge in [-0.25, -0.2) is 4.98 Å². The Balaban J connectivity index is 1.39. The summed E-state index contributed by atoms with van der Waals surface area (Å²) >= 11 is 0. The van der Waals surface area contributed by atoms with E-state index in [2.05, 4.69) is 57.1 Å². The first kappa shape index (κ1) is 17.2.